The molecule has 0 spiro atoms. The number of sulfone groups is 1. The van der Waals surface area contributed by atoms with Crippen molar-refractivity contribution in [3.8, 4) is 0 Å². The predicted molar refractivity (Wildman–Crippen MR) is 73.7 cm³/mol. The van der Waals surface area contributed by atoms with E-state index in [-0.39, 0.29) is 10.6 Å². The Labute approximate surface area is 117 Å². The van der Waals surface area contributed by atoms with Gasteiger partial charge < -0.3 is 10.6 Å². The molecule has 1 aromatic carbocycles. The smallest absolute Gasteiger partial charge is 0.341 e. The van der Waals surface area contributed by atoms with Gasteiger partial charge in [0.1, 0.15) is 0 Å². The van der Waals surface area contributed by atoms with Crippen LogP contribution in [0.4, 0.5) is 14.5 Å². The van der Waals surface area contributed by atoms with Crippen molar-refractivity contribution in [2.75, 3.05) is 25.0 Å². The summed E-state index contributed by atoms with van der Waals surface area (Å²) < 4.78 is 48.4. The SMILES string of the molecule is O=S(=O)(c1ccccc1NCCC1CCNC1)C(F)F. The first-order valence-corrected chi connectivity index (χ1v) is 8.12. The third-order valence-corrected chi connectivity index (χ3v) is 4.90. The fourth-order valence-corrected chi connectivity index (χ4v) is 3.24. The van der Waals surface area contributed by atoms with Crippen LogP contribution in [0.2, 0.25) is 0 Å². The maximum absolute atomic E-state index is 12.6. The molecule has 0 aliphatic carbocycles. The molecule has 0 bridgehead atoms. The first-order chi connectivity index (χ1) is 9.51. The second-order valence-electron chi connectivity index (χ2n) is 4.88. The fourth-order valence-electron chi connectivity index (χ4n) is 2.33. The van der Waals surface area contributed by atoms with Crippen LogP contribution in [0.25, 0.3) is 0 Å². The average Bonchev–Trinajstić information content (AvgIpc) is 2.92. The number of hydrogen-bond acceptors (Lipinski definition) is 4. The van der Waals surface area contributed by atoms with Gasteiger partial charge in [-0.25, -0.2) is 8.42 Å². The lowest BCUT2D eigenvalue weighted by Gasteiger charge is -2.13. The van der Waals surface area contributed by atoms with Crippen molar-refractivity contribution in [2.45, 2.75) is 23.5 Å². The number of alkyl halides is 2. The zero-order chi connectivity index (χ0) is 14.6. The predicted octanol–water partition coefficient (Wildman–Crippen LogP) is 2.09. The zero-order valence-corrected chi connectivity index (χ0v) is 11.8. The van der Waals surface area contributed by atoms with Crippen molar-refractivity contribution >= 4 is 15.5 Å². The quantitative estimate of drug-likeness (QED) is 0.845. The van der Waals surface area contributed by atoms with Gasteiger partial charge in [0.2, 0.25) is 9.84 Å². The summed E-state index contributed by atoms with van der Waals surface area (Å²) in [4.78, 5) is -0.334. The summed E-state index contributed by atoms with van der Waals surface area (Å²) in [5, 5.41) is 6.21. The average molecular weight is 304 g/mol. The molecular formula is C13H18F2N2O2S. The van der Waals surface area contributed by atoms with Crippen LogP contribution in [-0.2, 0) is 9.84 Å². The van der Waals surface area contributed by atoms with E-state index < -0.39 is 15.6 Å². The van der Waals surface area contributed by atoms with E-state index in [2.05, 4.69) is 10.6 Å². The highest BCUT2D eigenvalue weighted by Crippen LogP contribution is 2.26. The van der Waals surface area contributed by atoms with Crippen molar-refractivity contribution in [2.24, 2.45) is 5.92 Å². The molecule has 7 heteroatoms. The van der Waals surface area contributed by atoms with Gasteiger partial charge >= 0.3 is 5.76 Å². The van der Waals surface area contributed by atoms with Crippen molar-refractivity contribution in [1.29, 1.82) is 0 Å². The molecule has 0 aromatic heterocycles. The summed E-state index contributed by atoms with van der Waals surface area (Å²) in [6.45, 7) is 2.53. The van der Waals surface area contributed by atoms with Gasteiger partial charge in [0.15, 0.2) is 0 Å². The molecule has 1 saturated heterocycles. The number of nitrogens with one attached hydrogen (secondary N) is 2. The van der Waals surface area contributed by atoms with Crippen molar-refractivity contribution < 1.29 is 17.2 Å². The van der Waals surface area contributed by atoms with E-state index in [0.29, 0.717) is 12.5 Å². The molecule has 0 radical (unpaired) electrons. The van der Waals surface area contributed by atoms with Crippen LogP contribution in [0, 0.1) is 5.92 Å². The first kappa shape index (κ1) is 15.2. The van der Waals surface area contributed by atoms with Crippen LogP contribution in [0.3, 0.4) is 0 Å². The Hall–Kier alpha value is -1.21. The molecular weight excluding hydrogens is 286 g/mol. The number of rotatable bonds is 6. The van der Waals surface area contributed by atoms with E-state index in [1.165, 1.54) is 18.2 Å². The van der Waals surface area contributed by atoms with Gasteiger partial charge in [-0.15, -0.1) is 0 Å². The Morgan fingerprint density at radius 1 is 1.35 bits per heavy atom. The summed E-state index contributed by atoms with van der Waals surface area (Å²) >= 11 is 0. The Morgan fingerprint density at radius 3 is 2.75 bits per heavy atom. The number of hydrogen-bond donors (Lipinski definition) is 2. The van der Waals surface area contributed by atoms with Crippen molar-refractivity contribution in [1.82, 2.24) is 5.32 Å². The second kappa shape index (κ2) is 6.49. The van der Waals surface area contributed by atoms with Gasteiger partial charge in [0.25, 0.3) is 0 Å². The molecule has 112 valence electrons. The van der Waals surface area contributed by atoms with Gasteiger partial charge in [-0.05, 0) is 44.0 Å². The van der Waals surface area contributed by atoms with Crippen molar-refractivity contribution in [3.63, 3.8) is 0 Å². The van der Waals surface area contributed by atoms with Crippen LogP contribution in [0.1, 0.15) is 12.8 Å². The molecule has 0 saturated carbocycles. The number of halogens is 2. The van der Waals surface area contributed by atoms with E-state index >= 15 is 0 Å². The minimum atomic E-state index is -4.57. The Bertz CT molecular complexity index is 543. The number of benzene rings is 1. The zero-order valence-electron chi connectivity index (χ0n) is 11.0. The minimum absolute atomic E-state index is 0.249. The summed E-state index contributed by atoms with van der Waals surface area (Å²) in [7, 11) is -4.57. The third-order valence-electron chi connectivity index (χ3n) is 3.46. The minimum Gasteiger partial charge on any atom is -0.384 e. The van der Waals surface area contributed by atoms with E-state index in [1.807, 2.05) is 0 Å². The molecule has 1 aromatic rings. The molecule has 1 atom stereocenters. The molecule has 1 fully saturated rings. The van der Waals surface area contributed by atoms with E-state index in [1.54, 1.807) is 6.07 Å². The molecule has 20 heavy (non-hydrogen) atoms. The highest BCUT2D eigenvalue weighted by molar-refractivity contribution is 7.91. The van der Waals surface area contributed by atoms with Crippen LogP contribution in [0.15, 0.2) is 29.2 Å². The maximum atomic E-state index is 12.6. The van der Waals surface area contributed by atoms with E-state index in [9.17, 15) is 17.2 Å². The molecule has 1 aliphatic heterocycles. The third kappa shape index (κ3) is 3.46. The molecule has 0 amide bonds. The first-order valence-electron chi connectivity index (χ1n) is 6.57. The van der Waals surface area contributed by atoms with Crippen LogP contribution in [0.5, 0.6) is 0 Å². The van der Waals surface area contributed by atoms with Gasteiger partial charge in [0.05, 0.1) is 10.6 Å². The normalized spacial score (nSPS) is 19.4. The Kier molecular flexibility index (Phi) is 4.93. The number of para-hydroxylation sites is 1. The molecule has 1 aliphatic rings. The van der Waals surface area contributed by atoms with Crippen molar-refractivity contribution in [3.05, 3.63) is 24.3 Å². The van der Waals surface area contributed by atoms with E-state index in [4.69, 9.17) is 0 Å². The topological polar surface area (TPSA) is 58.2 Å². The fraction of sp³-hybridized carbons (Fsp3) is 0.538. The summed E-state index contributed by atoms with van der Waals surface area (Å²) in [6.07, 6.45) is 1.98. The van der Waals surface area contributed by atoms with Crippen LogP contribution < -0.4 is 10.6 Å². The lowest BCUT2D eigenvalue weighted by molar-refractivity contribution is 0.235. The van der Waals surface area contributed by atoms with Crippen LogP contribution in [-0.4, -0.2) is 33.8 Å². The summed E-state index contributed by atoms with van der Waals surface area (Å²) in [6, 6.07) is 5.80. The van der Waals surface area contributed by atoms with E-state index in [0.717, 1.165) is 25.9 Å². The number of anilines is 1. The molecule has 4 nitrogen and oxygen atoms in total. The molecule has 2 N–H and O–H groups in total. The summed E-state index contributed by atoms with van der Waals surface area (Å²) in [5.41, 5.74) is 0.249. The summed E-state index contributed by atoms with van der Waals surface area (Å²) in [5.74, 6) is -2.84. The molecule has 1 heterocycles. The Morgan fingerprint density at radius 2 is 2.10 bits per heavy atom. The monoisotopic (exact) mass is 304 g/mol. The highest BCUT2D eigenvalue weighted by Gasteiger charge is 2.28. The highest BCUT2D eigenvalue weighted by atomic mass is 32.2. The van der Waals surface area contributed by atoms with Gasteiger partial charge in [-0.3, -0.25) is 0 Å². The maximum Gasteiger partial charge on any atom is 0.341 e. The molecule has 2 rings (SSSR count). The standard InChI is InChI=1S/C13H18F2N2O2S/c14-13(15)20(18,19)12-4-2-1-3-11(12)17-8-6-10-5-7-16-9-10/h1-4,10,13,16-17H,5-9H2. The lowest BCUT2D eigenvalue weighted by Crippen LogP contribution is -2.16. The lowest BCUT2D eigenvalue weighted by atomic mass is 10.1. The Balaban J connectivity index is 2.04. The second-order valence-corrected chi connectivity index (χ2v) is 6.76. The molecule has 1 unspecified atom stereocenters. The van der Waals surface area contributed by atoms with Crippen LogP contribution >= 0.6 is 0 Å². The van der Waals surface area contributed by atoms with Gasteiger partial charge in [-0.2, -0.15) is 8.78 Å². The van der Waals surface area contributed by atoms with Gasteiger partial charge in [-0.1, -0.05) is 12.1 Å². The largest absolute Gasteiger partial charge is 0.384 e. The van der Waals surface area contributed by atoms with Gasteiger partial charge in [0, 0.05) is 6.54 Å².